The lowest BCUT2D eigenvalue weighted by Crippen LogP contribution is -2.59. The Kier molecular flexibility index (Phi) is 5.79. The summed E-state index contributed by atoms with van der Waals surface area (Å²) in [4.78, 5) is 36.3. The molecule has 0 saturated carbocycles. The number of aliphatic hydroxyl groups excluding tert-OH is 1. The van der Waals surface area contributed by atoms with Crippen molar-refractivity contribution in [2.75, 3.05) is 18.6 Å². The molecule has 0 aromatic heterocycles. The van der Waals surface area contributed by atoms with Gasteiger partial charge in [0.25, 0.3) is 0 Å². The number of fused-ring (bicyclic) bond motifs is 1. The average Bonchev–Trinajstić information content (AvgIpc) is 2.83. The Labute approximate surface area is 149 Å². The van der Waals surface area contributed by atoms with E-state index in [9.17, 15) is 33.0 Å². The number of aliphatic carboxylic acids is 1. The van der Waals surface area contributed by atoms with Crippen LogP contribution in [0.2, 0.25) is 0 Å². The van der Waals surface area contributed by atoms with Crippen LogP contribution in [-0.4, -0.2) is 71.3 Å². The minimum atomic E-state index is -3.69. The third-order valence-electron chi connectivity index (χ3n) is 4.15. The molecule has 11 heteroatoms. The van der Waals surface area contributed by atoms with Crippen LogP contribution in [0.4, 0.5) is 0 Å². The molecule has 2 heterocycles. The van der Waals surface area contributed by atoms with Gasteiger partial charge in [0, 0.05) is 43.2 Å². The van der Waals surface area contributed by atoms with E-state index in [1.807, 2.05) is 0 Å². The van der Waals surface area contributed by atoms with E-state index in [-0.39, 0.29) is 18.0 Å². The van der Waals surface area contributed by atoms with Crippen molar-refractivity contribution in [2.24, 2.45) is 5.92 Å². The van der Waals surface area contributed by atoms with Gasteiger partial charge in [-0.1, -0.05) is 0 Å². The van der Waals surface area contributed by atoms with Gasteiger partial charge in [0.05, 0.1) is 12.0 Å². The number of thioether (sulfide) groups is 1. The number of carbonyl (C=O) groups is 3. The van der Waals surface area contributed by atoms with E-state index in [2.05, 4.69) is 5.32 Å². The lowest BCUT2D eigenvalue weighted by atomic mass is 9.85. The molecule has 0 spiro atoms. The van der Waals surface area contributed by atoms with Gasteiger partial charge in [-0.05, 0) is 0 Å². The van der Waals surface area contributed by atoms with Crippen LogP contribution in [0.3, 0.4) is 0 Å². The molecule has 2 amide bonds. The molecule has 0 bridgehead atoms. The standard InChI is InChI=1S/C14H20N2O7S2/c1-7(17)15-3-4-24-10-6-9-8(5-11(18)25(2,22)23)13(19)16(9)12(10)14(20)21/h8-9,11,18H,3-6H2,1-2H3,(H,15,17)(H,20,21). The van der Waals surface area contributed by atoms with E-state index >= 15 is 0 Å². The number of amides is 2. The summed E-state index contributed by atoms with van der Waals surface area (Å²) in [7, 11) is -3.69. The van der Waals surface area contributed by atoms with Gasteiger partial charge < -0.3 is 20.4 Å². The first-order valence-electron chi connectivity index (χ1n) is 7.57. The molecule has 1 fully saturated rings. The molecule has 0 aliphatic carbocycles. The largest absolute Gasteiger partial charge is 0.477 e. The lowest BCUT2D eigenvalue weighted by molar-refractivity contribution is -0.156. The van der Waals surface area contributed by atoms with Crippen LogP contribution in [0.15, 0.2) is 10.6 Å². The van der Waals surface area contributed by atoms with Crippen LogP contribution in [0.5, 0.6) is 0 Å². The van der Waals surface area contributed by atoms with Crippen LogP contribution >= 0.6 is 11.8 Å². The van der Waals surface area contributed by atoms with Gasteiger partial charge in [-0.15, -0.1) is 11.8 Å². The molecule has 0 radical (unpaired) electrons. The molecular formula is C14H20N2O7S2. The molecule has 3 N–H and O–H groups in total. The highest BCUT2D eigenvalue weighted by molar-refractivity contribution is 8.03. The van der Waals surface area contributed by atoms with Crippen molar-refractivity contribution >= 4 is 39.4 Å². The molecule has 0 aromatic carbocycles. The van der Waals surface area contributed by atoms with Gasteiger partial charge in [0.2, 0.25) is 11.8 Å². The second-order valence-corrected chi connectivity index (χ2v) is 9.41. The summed E-state index contributed by atoms with van der Waals surface area (Å²) in [6.07, 6.45) is 0.951. The van der Waals surface area contributed by atoms with E-state index < -0.39 is 39.1 Å². The first-order valence-corrected chi connectivity index (χ1v) is 10.5. The lowest BCUT2D eigenvalue weighted by Gasteiger charge is -2.43. The van der Waals surface area contributed by atoms with Gasteiger partial charge in [-0.3, -0.25) is 9.59 Å². The van der Waals surface area contributed by atoms with Gasteiger partial charge in [0.15, 0.2) is 15.3 Å². The summed E-state index contributed by atoms with van der Waals surface area (Å²) in [6, 6.07) is -0.446. The number of rotatable bonds is 8. The monoisotopic (exact) mass is 392 g/mol. The van der Waals surface area contributed by atoms with Gasteiger partial charge in [0.1, 0.15) is 5.70 Å². The highest BCUT2D eigenvalue weighted by atomic mass is 32.2. The topological polar surface area (TPSA) is 141 Å². The smallest absolute Gasteiger partial charge is 0.353 e. The van der Waals surface area contributed by atoms with Crippen molar-refractivity contribution < 1.29 is 33.0 Å². The van der Waals surface area contributed by atoms with Crippen LogP contribution < -0.4 is 5.32 Å². The van der Waals surface area contributed by atoms with Gasteiger partial charge in [-0.25, -0.2) is 13.2 Å². The fourth-order valence-corrected chi connectivity index (χ4v) is 4.55. The number of carbonyl (C=O) groups excluding carboxylic acids is 2. The van der Waals surface area contributed by atoms with Crippen molar-refractivity contribution in [1.82, 2.24) is 10.2 Å². The number of nitrogens with zero attached hydrogens (tertiary/aromatic N) is 1. The predicted octanol–water partition coefficient (Wildman–Crippen LogP) is -0.864. The second kappa shape index (κ2) is 7.34. The third kappa shape index (κ3) is 4.15. The summed E-state index contributed by atoms with van der Waals surface area (Å²) in [5.74, 6) is -2.15. The zero-order valence-electron chi connectivity index (χ0n) is 13.8. The Morgan fingerprint density at radius 2 is 2.08 bits per heavy atom. The van der Waals surface area contributed by atoms with Crippen molar-refractivity contribution in [1.29, 1.82) is 0 Å². The van der Waals surface area contributed by atoms with Crippen molar-refractivity contribution in [3.05, 3.63) is 10.6 Å². The zero-order valence-corrected chi connectivity index (χ0v) is 15.4. The number of nitrogens with one attached hydrogen (secondary N) is 1. The SMILES string of the molecule is CC(=O)NCCSC1=C(C(=O)O)N2C(=O)C(CC(O)S(C)(=O)=O)C2C1. The van der Waals surface area contributed by atoms with Gasteiger partial charge >= 0.3 is 5.97 Å². The summed E-state index contributed by atoms with van der Waals surface area (Å²) in [5, 5.41) is 21.7. The van der Waals surface area contributed by atoms with E-state index in [0.29, 0.717) is 23.6 Å². The Morgan fingerprint density at radius 3 is 2.60 bits per heavy atom. The van der Waals surface area contributed by atoms with E-state index in [4.69, 9.17) is 0 Å². The van der Waals surface area contributed by atoms with Gasteiger partial charge in [-0.2, -0.15) is 0 Å². The molecule has 2 aliphatic rings. The number of β-lactam (4-membered cyclic amide) rings is 1. The summed E-state index contributed by atoms with van der Waals surface area (Å²) < 4.78 is 22.7. The van der Waals surface area contributed by atoms with Crippen LogP contribution in [0, 0.1) is 5.92 Å². The summed E-state index contributed by atoms with van der Waals surface area (Å²) in [5.41, 5.74) is -1.73. The highest BCUT2D eigenvalue weighted by Crippen LogP contribution is 2.47. The maximum absolute atomic E-state index is 12.2. The molecular weight excluding hydrogens is 372 g/mol. The zero-order chi connectivity index (χ0) is 18.9. The molecule has 0 aromatic rings. The normalized spacial score (nSPS) is 24.0. The third-order valence-corrected chi connectivity index (χ3v) is 6.45. The fourth-order valence-electron chi connectivity index (χ4n) is 2.94. The Balaban J connectivity index is 2.05. The Bertz CT molecular complexity index is 731. The number of sulfone groups is 1. The van der Waals surface area contributed by atoms with E-state index in [0.717, 1.165) is 6.26 Å². The first-order chi connectivity index (χ1) is 11.5. The molecule has 140 valence electrons. The number of hydrogen-bond acceptors (Lipinski definition) is 7. The van der Waals surface area contributed by atoms with Crippen molar-refractivity contribution in [3.8, 4) is 0 Å². The molecule has 25 heavy (non-hydrogen) atoms. The van der Waals surface area contributed by atoms with Crippen LogP contribution in [-0.2, 0) is 24.2 Å². The maximum Gasteiger partial charge on any atom is 0.353 e. The quantitative estimate of drug-likeness (QED) is 0.358. The predicted molar refractivity (Wildman–Crippen MR) is 90.0 cm³/mol. The maximum atomic E-state index is 12.2. The van der Waals surface area contributed by atoms with E-state index in [1.54, 1.807) is 0 Å². The minimum absolute atomic E-state index is 0.0899. The van der Waals surface area contributed by atoms with E-state index in [1.165, 1.54) is 23.6 Å². The summed E-state index contributed by atoms with van der Waals surface area (Å²) >= 11 is 1.25. The second-order valence-electron chi connectivity index (χ2n) is 6.01. The number of carboxylic acid groups (broad SMARTS) is 1. The number of aliphatic hydroxyl groups is 1. The summed E-state index contributed by atoms with van der Waals surface area (Å²) in [6.45, 7) is 1.75. The molecule has 1 saturated heterocycles. The highest BCUT2D eigenvalue weighted by Gasteiger charge is 2.55. The minimum Gasteiger partial charge on any atom is -0.477 e. The molecule has 3 unspecified atom stereocenters. The van der Waals surface area contributed by atoms with Crippen LogP contribution in [0.25, 0.3) is 0 Å². The molecule has 9 nitrogen and oxygen atoms in total. The average molecular weight is 392 g/mol. The Hall–Kier alpha value is -1.59. The number of carboxylic acids is 1. The van der Waals surface area contributed by atoms with Crippen molar-refractivity contribution in [3.63, 3.8) is 0 Å². The molecule has 3 atom stereocenters. The van der Waals surface area contributed by atoms with Crippen LogP contribution in [0.1, 0.15) is 19.8 Å². The first kappa shape index (κ1) is 19.7. The fraction of sp³-hybridized carbons (Fsp3) is 0.643. The van der Waals surface area contributed by atoms with Crippen molar-refractivity contribution in [2.45, 2.75) is 31.2 Å². The molecule has 2 rings (SSSR count). The Morgan fingerprint density at radius 1 is 1.44 bits per heavy atom. The molecule has 2 aliphatic heterocycles. The number of hydrogen-bond donors (Lipinski definition) is 3.